The molecule has 5 nitrogen and oxygen atoms in total. The van der Waals surface area contributed by atoms with Crippen molar-refractivity contribution in [1.29, 1.82) is 0 Å². The smallest absolute Gasteiger partial charge is 0.217 e. The summed E-state index contributed by atoms with van der Waals surface area (Å²) < 4.78 is 32.2. The van der Waals surface area contributed by atoms with Crippen LogP contribution in [-0.2, 0) is 16.6 Å². The third kappa shape index (κ3) is 2.93. The minimum Gasteiger partial charge on any atom is -0.497 e. The second-order valence-corrected chi connectivity index (χ2v) is 7.96. The molecule has 0 aliphatic carbocycles. The Kier molecular flexibility index (Phi) is 4.19. The molecule has 0 aromatic heterocycles. The predicted molar refractivity (Wildman–Crippen MR) is 81.7 cm³/mol. The maximum atomic E-state index is 12.7. The summed E-state index contributed by atoms with van der Waals surface area (Å²) in [6.07, 6.45) is 1.68. The van der Waals surface area contributed by atoms with Crippen LogP contribution in [0.5, 0.6) is 5.75 Å². The van der Waals surface area contributed by atoms with Crippen molar-refractivity contribution in [3.05, 3.63) is 29.8 Å². The molecule has 2 aliphatic heterocycles. The molecule has 0 radical (unpaired) electrons. The first-order valence-electron chi connectivity index (χ1n) is 7.44. The summed E-state index contributed by atoms with van der Waals surface area (Å²) in [4.78, 5) is 0. The van der Waals surface area contributed by atoms with E-state index in [1.807, 2.05) is 24.3 Å². The van der Waals surface area contributed by atoms with Crippen LogP contribution >= 0.6 is 0 Å². The quantitative estimate of drug-likeness (QED) is 0.912. The largest absolute Gasteiger partial charge is 0.497 e. The van der Waals surface area contributed by atoms with Gasteiger partial charge >= 0.3 is 0 Å². The fraction of sp³-hybridized carbons (Fsp3) is 0.600. The van der Waals surface area contributed by atoms with Crippen molar-refractivity contribution in [2.24, 2.45) is 5.92 Å². The van der Waals surface area contributed by atoms with Crippen LogP contribution in [0, 0.1) is 5.92 Å². The summed E-state index contributed by atoms with van der Waals surface area (Å²) in [6.45, 7) is 2.84. The van der Waals surface area contributed by atoms with Crippen LogP contribution in [0.3, 0.4) is 0 Å². The molecule has 116 valence electrons. The van der Waals surface area contributed by atoms with Gasteiger partial charge in [0.25, 0.3) is 0 Å². The highest BCUT2D eigenvalue weighted by atomic mass is 32.2. The predicted octanol–water partition coefficient (Wildman–Crippen LogP) is 1.21. The molecule has 21 heavy (non-hydrogen) atoms. The molecule has 1 aromatic carbocycles. The molecule has 2 fully saturated rings. The average molecular weight is 310 g/mol. The lowest BCUT2D eigenvalue weighted by molar-refractivity contribution is 0.379. The van der Waals surface area contributed by atoms with Gasteiger partial charge in [0.2, 0.25) is 10.0 Å². The fourth-order valence-corrected chi connectivity index (χ4v) is 5.56. The Morgan fingerprint density at radius 2 is 1.95 bits per heavy atom. The molecule has 0 saturated carbocycles. The molecular formula is C15H22N2O3S. The number of methoxy groups -OCH3 is 1. The normalized spacial score (nSPS) is 28.8. The first kappa shape index (κ1) is 14.8. The summed E-state index contributed by atoms with van der Waals surface area (Å²) in [5, 5.41) is 3.09. The van der Waals surface area contributed by atoms with Crippen LogP contribution in [-0.4, -0.2) is 44.7 Å². The van der Waals surface area contributed by atoms with Crippen LogP contribution in [0.25, 0.3) is 0 Å². The lowest BCUT2D eigenvalue weighted by Crippen LogP contribution is -2.30. The monoisotopic (exact) mass is 310 g/mol. The van der Waals surface area contributed by atoms with Crippen molar-refractivity contribution in [1.82, 2.24) is 9.62 Å². The summed E-state index contributed by atoms with van der Waals surface area (Å²) >= 11 is 0. The molecule has 0 bridgehead atoms. The van der Waals surface area contributed by atoms with Gasteiger partial charge in [-0.05, 0) is 49.5 Å². The summed E-state index contributed by atoms with van der Waals surface area (Å²) in [7, 11) is -1.54. The molecule has 1 aromatic rings. The Hall–Kier alpha value is -1.11. The lowest BCUT2D eigenvalue weighted by Gasteiger charge is -2.17. The van der Waals surface area contributed by atoms with E-state index < -0.39 is 10.0 Å². The molecule has 0 amide bonds. The van der Waals surface area contributed by atoms with Crippen molar-refractivity contribution >= 4 is 10.0 Å². The van der Waals surface area contributed by atoms with E-state index >= 15 is 0 Å². The number of sulfonamides is 1. The van der Waals surface area contributed by atoms with Crippen molar-refractivity contribution in [3.8, 4) is 5.75 Å². The SMILES string of the molecule is COc1ccc(CN2C[C@@H]3CCNCC[C@@H]3S2(=O)=O)cc1. The van der Waals surface area contributed by atoms with Gasteiger partial charge in [0.05, 0.1) is 12.4 Å². The first-order chi connectivity index (χ1) is 10.1. The molecule has 2 aliphatic rings. The zero-order valence-corrected chi connectivity index (χ0v) is 13.1. The molecule has 1 N–H and O–H groups in total. The van der Waals surface area contributed by atoms with Crippen molar-refractivity contribution in [3.63, 3.8) is 0 Å². The fourth-order valence-electron chi connectivity index (χ4n) is 3.33. The van der Waals surface area contributed by atoms with Crippen molar-refractivity contribution in [2.75, 3.05) is 26.7 Å². The number of nitrogens with one attached hydrogen (secondary N) is 1. The Labute approximate surface area is 126 Å². The number of hydrogen-bond donors (Lipinski definition) is 1. The molecule has 2 atom stereocenters. The number of hydrogen-bond acceptors (Lipinski definition) is 4. The molecule has 2 saturated heterocycles. The van der Waals surface area contributed by atoms with E-state index in [0.717, 1.165) is 37.2 Å². The first-order valence-corrected chi connectivity index (χ1v) is 8.94. The van der Waals surface area contributed by atoms with Crippen LogP contribution in [0.2, 0.25) is 0 Å². The van der Waals surface area contributed by atoms with E-state index in [4.69, 9.17) is 4.74 Å². The minimum atomic E-state index is -3.16. The lowest BCUT2D eigenvalue weighted by atomic mass is 10.0. The van der Waals surface area contributed by atoms with Gasteiger partial charge < -0.3 is 10.1 Å². The molecule has 0 unspecified atom stereocenters. The molecule has 2 heterocycles. The van der Waals surface area contributed by atoms with E-state index in [9.17, 15) is 8.42 Å². The third-order valence-corrected chi connectivity index (χ3v) is 6.91. The second kappa shape index (κ2) is 5.94. The summed E-state index contributed by atoms with van der Waals surface area (Å²) in [5.41, 5.74) is 1.01. The molecule has 6 heteroatoms. The van der Waals surface area contributed by atoms with Crippen LogP contribution in [0.15, 0.2) is 24.3 Å². The van der Waals surface area contributed by atoms with Crippen LogP contribution < -0.4 is 10.1 Å². The number of benzene rings is 1. The second-order valence-electron chi connectivity index (χ2n) is 5.81. The van der Waals surface area contributed by atoms with Crippen molar-refractivity contribution < 1.29 is 13.2 Å². The number of fused-ring (bicyclic) bond motifs is 1. The van der Waals surface area contributed by atoms with Gasteiger partial charge in [-0.25, -0.2) is 8.42 Å². The maximum Gasteiger partial charge on any atom is 0.217 e. The van der Waals surface area contributed by atoms with E-state index in [0.29, 0.717) is 13.1 Å². The Morgan fingerprint density at radius 3 is 2.67 bits per heavy atom. The van der Waals surface area contributed by atoms with E-state index in [1.54, 1.807) is 11.4 Å². The van der Waals surface area contributed by atoms with Gasteiger partial charge in [-0.3, -0.25) is 0 Å². The van der Waals surface area contributed by atoms with Gasteiger partial charge in [-0.2, -0.15) is 4.31 Å². The summed E-state index contributed by atoms with van der Waals surface area (Å²) in [5.74, 6) is 1.06. The van der Waals surface area contributed by atoms with Gasteiger partial charge in [0.15, 0.2) is 0 Å². The minimum absolute atomic E-state index is 0.203. The summed E-state index contributed by atoms with van der Waals surface area (Å²) in [6, 6.07) is 7.62. The van der Waals surface area contributed by atoms with E-state index in [2.05, 4.69) is 5.32 Å². The van der Waals surface area contributed by atoms with Gasteiger partial charge in [-0.1, -0.05) is 12.1 Å². The molecule has 3 rings (SSSR count). The Balaban J connectivity index is 1.76. The zero-order valence-electron chi connectivity index (χ0n) is 12.3. The number of rotatable bonds is 3. The zero-order chi connectivity index (χ0) is 14.9. The van der Waals surface area contributed by atoms with E-state index in [1.165, 1.54) is 0 Å². The third-order valence-electron chi connectivity index (χ3n) is 4.52. The van der Waals surface area contributed by atoms with Crippen LogP contribution in [0.1, 0.15) is 18.4 Å². The van der Waals surface area contributed by atoms with Gasteiger partial charge in [0.1, 0.15) is 5.75 Å². The Bertz CT molecular complexity index is 585. The van der Waals surface area contributed by atoms with E-state index in [-0.39, 0.29) is 11.2 Å². The number of ether oxygens (including phenoxy) is 1. The highest BCUT2D eigenvalue weighted by Gasteiger charge is 2.45. The Morgan fingerprint density at radius 1 is 1.24 bits per heavy atom. The average Bonchev–Trinajstić information content (AvgIpc) is 2.65. The number of nitrogens with zero attached hydrogens (tertiary/aromatic N) is 1. The van der Waals surface area contributed by atoms with Gasteiger partial charge in [0, 0.05) is 13.1 Å². The maximum absolute atomic E-state index is 12.7. The molecular weight excluding hydrogens is 288 g/mol. The molecule has 0 spiro atoms. The topological polar surface area (TPSA) is 58.6 Å². The highest BCUT2D eigenvalue weighted by Crippen LogP contribution is 2.34. The standard InChI is InChI=1S/C15H22N2O3S/c1-20-14-4-2-12(3-5-14)10-17-11-13-6-8-16-9-7-15(13)21(17,18)19/h2-5,13,15-16H,6-11H2,1H3/t13-,15-/m0/s1. The van der Waals surface area contributed by atoms with Crippen molar-refractivity contribution in [2.45, 2.75) is 24.6 Å². The van der Waals surface area contributed by atoms with Crippen LogP contribution in [0.4, 0.5) is 0 Å². The highest BCUT2D eigenvalue weighted by molar-refractivity contribution is 7.90. The van der Waals surface area contributed by atoms with Gasteiger partial charge in [-0.15, -0.1) is 0 Å².